The Balaban J connectivity index is 2.07. The lowest BCUT2D eigenvalue weighted by Crippen LogP contribution is -2.60. The Hall–Kier alpha value is -1.54. The highest BCUT2D eigenvalue weighted by Crippen LogP contribution is 2.24. The molecular weight excluding hydrogens is 669 g/mol. The van der Waals surface area contributed by atoms with Gasteiger partial charge in [-0.05, 0) is 37.1 Å². The first-order valence-corrected chi connectivity index (χ1v) is 20.5. The fourth-order valence-corrected chi connectivity index (χ4v) is 6.95. The van der Waals surface area contributed by atoms with Gasteiger partial charge in [0.25, 0.3) is 0 Å². The number of unbranched alkanes of at least 4 members (excludes halogenated alkanes) is 17. The molecule has 2 rings (SSSR count). The van der Waals surface area contributed by atoms with Crippen LogP contribution in [0.25, 0.3) is 0 Å². The lowest BCUT2D eigenvalue weighted by Gasteiger charge is -2.40. The largest absolute Gasteiger partial charge is 0.394 e. The van der Waals surface area contributed by atoms with Crippen LogP contribution in [0.15, 0.2) is 24.3 Å². The molecule has 1 aliphatic rings. The maximum atomic E-state index is 13.8. The second kappa shape index (κ2) is 28.0. The van der Waals surface area contributed by atoms with Crippen LogP contribution in [0.2, 0.25) is 0 Å². The number of hydrogen-bond acceptors (Lipinski definition) is 10. The van der Waals surface area contributed by atoms with Crippen molar-refractivity contribution >= 4 is 5.78 Å². The summed E-state index contributed by atoms with van der Waals surface area (Å²) in [6.45, 7) is 3.44. The number of ketones is 1. The minimum absolute atomic E-state index is 0.286. The molecule has 52 heavy (non-hydrogen) atoms. The molecule has 1 aromatic carbocycles. The van der Waals surface area contributed by atoms with Crippen molar-refractivity contribution in [2.45, 2.75) is 204 Å². The quantitative estimate of drug-likeness (QED) is 0.0349. The third-order valence-electron chi connectivity index (χ3n) is 10.4. The molecule has 0 radical (unpaired) electrons. The highest BCUT2D eigenvalue weighted by Gasteiger charge is 2.44. The van der Waals surface area contributed by atoms with Gasteiger partial charge in [0.2, 0.25) is 0 Å². The third-order valence-corrected chi connectivity index (χ3v) is 10.4. The summed E-state index contributed by atoms with van der Waals surface area (Å²) in [5, 5.41) is 66.5. The van der Waals surface area contributed by atoms with Crippen molar-refractivity contribution in [2.75, 3.05) is 13.2 Å². The van der Waals surface area contributed by atoms with Crippen LogP contribution in [0.1, 0.15) is 159 Å². The summed E-state index contributed by atoms with van der Waals surface area (Å²) < 4.78 is 25.1. The van der Waals surface area contributed by atoms with E-state index in [0.717, 1.165) is 57.8 Å². The topological polar surface area (TPSA) is 169 Å². The molecule has 1 saturated heterocycles. The molecule has 7 N–H and O–H groups in total. The smallest absolute Gasteiger partial charge is 0.186 e. The molecule has 1 aliphatic heterocycles. The van der Waals surface area contributed by atoms with E-state index in [1.165, 1.54) is 82.1 Å². The highest BCUT2D eigenvalue weighted by atomic mass is 19.1. The third kappa shape index (κ3) is 17.7. The van der Waals surface area contributed by atoms with Crippen LogP contribution in [0, 0.1) is 5.82 Å². The lowest BCUT2D eigenvalue weighted by atomic mass is 9.94. The molecule has 1 heterocycles. The van der Waals surface area contributed by atoms with E-state index in [9.17, 15) is 39.8 Å². The fourth-order valence-electron chi connectivity index (χ4n) is 6.95. The number of Topliss-reactive ketones (excluding diaryl/α,β-unsaturated/α-hetero) is 1. The van der Waals surface area contributed by atoms with Gasteiger partial charge < -0.3 is 40.1 Å². The van der Waals surface area contributed by atoms with E-state index in [1.54, 1.807) is 0 Å². The van der Waals surface area contributed by atoms with Gasteiger partial charge >= 0.3 is 0 Å². The summed E-state index contributed by atoms with van der Waals surface area (Å²) in [4.78, 5) is 13.8. The Morgan fingerprint density at radius 3 is 1.71 bits per heavy atom. The molecule has 0 aliphatic carbocycles. The number of nitrogens with one attached hydrogen (secondary N) is 1. The van der Waals surface area contributed by atoms with Crippen LogP contribution in [0.5, 0.6) is 0 Å². The van der Waals surface area contributed by atoms with Gasteiger partial charge in [0, 0.05) is 5.56 Å². The standard InChI is InChI=1S/C41H72FNO9/c1-3-5-7-9-11-12-13-14-15-17-19-21-23-34(45)37(47)33(29-51-41-40(50)39(49)38(48)35(28-44)52-41)43-32(22-20-18-16-10-8-6-4-2)36(46)30-24-26-31(42)27-25-30/h24-27,32-35,37-41,43-45,47-50H,3-23,28-29H2,1-2H3/t32-,33-,34+,35+,37-,38-,39-,40+,41-/m0/s1. The van der Waals surface area contributed by atoms with Gasteiger partial charge in [-0.2, -0.15) is 0 Å². The van der Waals surface area contributed by atoms with Crippen LogP contribution >= 0.6 is 0 Å². The zero-order valence-corrected chi connectivity index (χ0v) is 32.1. The maximum absolute atomic E-state index is 13.8. The van der Waals surface area contributed by atoms with E-state index in [1.807, 2.05) is 0 Å². The van der Waals surface area contributed by atoms with Gasteiger partial charge in [-0.15, -0.1) is 0 Å². The molecule has 1 aromatic rings. The van der Waals surface area contributed by atoms with Crippen LogP contribution in [0.3, 0.4) is 0 Å². The summed E-state index contributed by atoms with van der Waals surface area (Å²) >= 11 is 0. The minimum Gasteiger partial charge on any atom is -0.394 e. The summed E-state index contributed by atoms with van der Waals surface area (Å²) in [6, 6.07) is 3.51. The summed E-state index contributed by atoms with van der Waals surface area (Å²) in [5.41, 5.74) is 0.307. The molecule has 10 nitrogen and oxygen atoms in total. The molecule has 302 valence electrons. The number of hydrogen-bond donors (Lipinski definition) is 7. The zero-order valence-electron chi connectivity index (χ0n) is 32.1. The SMILES string of the molecule is CCCCCCCCCCCCCC[C@@H](O)[C@@H](O)[C@H](CO[C@H]1O[C@H](CO)[C@H](O)[C@H](O)[C@H]1O)N[C@@H](CCCCCCCCC)C(=O)c1ccc(F)cc1. The van der Waals surface area contributed by atoms with Gasteiger partial charge in [-0.3, -0.25) is 10.1 Å². The van der Waals surface area contributed by atoms with Crippen LogP contribution in [0.4, 0.5) is 4.39 Å². The lowest BCUT2D eigenvalue weighted by molar-refractivity contribution is -0.303. The molecule has 0 bridgehead atoms. The Morgan fingerprint density at radius 2 is 1.21 bits per heavy atom. The number of rotatable bonds is 31. The number of halogens is 1. The average Bonchev–Trinajstić information content (AvgIpc) is 3.15. The Morgan fingerprint density at radius 1 is 0.731 bits per heavy atom. The van der Waals surface area contributed by atoms with Crippen LogP contribution in [-0.2, 0) is 9.47 Å². The molecule has 0 saturated carbocycles. The predicted octanol–water partition coefficient (Wildman–Crippen LogP) is 6.11. The van der Waals surface area contributed by atoms with Crippen molar-refractivity contribution in [1.82, 2.24) is 5.32 Å². The van der Waals surface area contributed by atoms with Gasteiger partial charge in [-0.25, -0.2) is 4.39 Å². The number of carbonyl (C=O) groups excluding carboxylic acids is 1. The summed E-state index contributed by atoms with van der Waals surface area (Å²) in [6.07, 6.45) is 12.1. The number of aliphatic hydroxyl groups is 6. The second-order valence-corrected chi connectivity index (χ2v) is 14.9. The van der Waals surface area contributed by atoms with E-state index in [-0.39, 0.29) is 12.4 Å². The van der Waals surface area contributed by atoms with Crippen LogP contribution < -0.4 is 5.32 Å². The molecule has 0 spiro atoms. The minimum atomic E-state index is -1.65. The van der Waals surface area contributed by atoms with Gasteiger partial charge in [0.15, 0.2) is 12.1 Å². The van der Waals surface area contributed by atoms with E-state index in [4.69, 9.17) is 9.47 Å². The van der Waals surface area contributed by atoms with E-state index in [0.29, 0.717) is 24.8 Å². The average molecular weight is 742 g/mol. The molecule has 11 heteroatoms. The van der Waals surface area contributed by atoms with Crippen molar-refractivity contribution in [2.24, 2.45) is 0 Å². The normalized spacial score (nSPS) is 23.0. The number of ether oxygens (including phenoxy) is 2. The molecule has 1 fully saturated rings. The highest BCUT2D eigenvalue weighted by molar-refractivity contribution is 6.00. The Kier molecular flexibility index (Phi) is 25.1. The maximum Gasteiger partial charge on any atom is 0.186 e. The van der Waals surface area contributed by atoms with Gasteiger partial charge in [0.05, 0.1) is 37.5 Å². The van der Waals surface area contributed by atoms with Gasteiger partial charge in [-0.1, -0.05) is 136 Å². The van der Waals surface area contributed by atoms with E-state index < -0.39 is 67.4 Å². The molecule has 0 aromatic heterocycles. The predicted molar refractivity (Wildman–Crippen MR) is 201 cm³/mol. The first-order valence-electron chi connectivity index (χ1n) is 20.5. The van der Waals surface area contributed by atoms with Crippen molar-refractivity contribution in [3.8, 4) is 0 Å². The summed E-state index contributed by atoms with van der Waals surface area (Å²) in [7, 11) is 0. The fraction of sp³-hybridized carbons (Fsp3) is 0.829. The number of aliphatic hydroxyl groups excluding tert-OH is 6. The van der Waals surface area contributed by atoms with Crippen molar-refractivity contribution in [1.29, 1.82) is 0 Å². The van der Waals surface area contributed by atoms with E-state index >= 15 is 0 Å². The number of carbonyl (C=O) groups is 1. The first kappa shape index (κ1) is 46.6. The van der Waals surface area contributed by atoms with Crippen molar-refractivity contribution in [3.05, 3.63) is 35.6 Å². The second-order valence-electron chi connectivity index (χ2n) is 14.9. The van der Waals surface area contributed by atoms with Crippen molar-refractivity contribution < 1.29 is 49.3 Å². The molecule has 0 amide bonds. The van der Waals surface area contributed by atoms with Crippen molar-refractivity contribution in [3.63, 3.8) is 0 Å². The molecule has 0 unspecified atom stereocenters. The molecule has 9 atom stereocenters. The molecular formula is C41H72FNO9. The van der Waals surface area contributed by atoms with Crippen LogP contribution in [-0.4, -0.2) is 105 Å². The monoisotopic (exact) mass is 742 g/mol. The summed E-state index contributed by atoms with van der Waals surface area (Å²) in [5.74, 6) is -0.748. The Labute approximate surface area is 312 Å². The zero-order chi connectivity index (χ0) is 38.1. The van der Waals surface area contributed by atoms with Gasteiger partial charge in [0.1, 0.15) is 30.2 Å². The van der Waals surface area contributed by atoms with E-state index in [2.05, 4.69) is 19.2 Å². The Bertz CT molecular complexity index is 1030. The number of benzene rings is 1. The first-order chi connectivity index (χ1) is 25.1.